The number of allylic oxidation sites excluding steroid dienone is 2. The second-order valence-corrected chi connectivity index (χ2v) is 13.4. The number of carbonyl (C=O) groups is 1. The minimum absolute atomic E-state index is 0.0577. The van der Waals surface area contributed by atoms with Crippen LogP contribution in [0.15, 0.2) is 45.9 Å². The first-order valence-electron chi connectivity index (χ1n) is 13.1. The highest BCUT2D eigenvalue weighted by Gasteiger charge is 2.59. The first kappa shape index (κ1) is 24.5. The topological polar surface area (TPSA) is 84.8 Å². The first-order chi connectivity index (χ1) is 16.5. The van der Waals surface area contributed by atoms with Crippen LogP contribution in [-0.2, 0) is 19.6 Å². The summed E-state index contributed by atoms with van der Waals surface area (Å²) >= 11 is 0. The summed E-state index contributed by atoms with van der Waals surface area (Å²) in [5.74, 6) is 1.75. The van der Waals surface area contributed by atoms with Gasteiger partial charge < -0.3 is 4.74 Å². The molecule has 4 aliphatic carbocycles. The minimum atomic E-state index is -3.67. The van der Waals surface area contributed by atoms with E-state index in [1.165, 1.54) is 12.5 Å². The Bertz CT molecular complexity index is 1170. The van der Waals surface area contributed by atoms with Gasteiger partial charge >= 0.3 is 5.97 Å². The lowest BCUT2D eigenvalue weighted by Gasteiger charge is -2.58. The number of aryl methyl sites for hydroxylation is 1. The maximum absolute atomic E-state index is 12.7. The molecule has 7 heteroatoms. The van der Waals surface area contributed by atoms with E-state index in [0.717, 1.165) is 62.6 Å². The van der Waals surface area contributed by atoms with Crippen LogP contribution < -0.4 is 4.83 Å². The third-order valence-electron chi connectivity index (χ3n) is 9.84. The predicted molar refractivity (Wildman–Crippen MR) is 136 cm³/mol. The highest BCUT2D eigenvalue weighted by Crippen LogP contribution is 2.65. The van der Waals surface area contributed by atoms with E-state index in [1.807, 2.05) is 6.92 Å². The number of rotatable bonds is 4. The average Bonchev–Trinajstić information content (AvgIpc) is 3.13. The van der Waals surface area contributed by atoms with Crippen LogP contribution in [0.3, 0.4) is 0 Å². The molecule has 0 amide bonds. The van der Waals surface area contributed by atoms with Gasteiger partial charge in [0.25, 0.3) is 10.0 Å². The lowest BCUT2D eigenvalue weighted by Crippen LogP contribution is -2.51. The summed E-state index contributed by atoms with van der Waals surface area (Å²) in [6.45, 7) is 8.24. The Hall–Kier alpha value is -2.15. The van der Waals surface area contributed by atoms with Crippen LogP contribution in [0, 0.1) is 35.5 Å². The zero-order valence-electron chi connectivity index (χ0n) is 21.3. The number of nitrogens with one attached hydrogen (secondary N) is 1. The molecule has 3 saturated carbocycles. The SMILES string of the molecule is CC(=O)O[C@H]1CC[C@H]2[C@@H]3CCC4=C/C(=N\NS(=O)(=O)c5ccc(C)cc5)CC[C@]4(C)[C@H]3CC[C@]12C. The molecule has 0 saturated heterocycles. The Morgan fingerprint density at radius 3 is 2.49 bits per heavy atom. The summed E-state index contributed by atoms with van der Waals surface area (Å²) in [5, 5.41) is 4.34. The van der Waals surface area contributed by atoms with Crippen LogP contribution in [0.25, 0.3) is 0 Å². The van der Waals surface area contributed by atoms with Crippen molar-refractivity contribution >= 4 is 21.7 Å². The molecule has 1 aromatic carbocycles. The molecule has 1 N–H and O–H groups in total. The standard InChI is InChI=1S/C28H38N2O4S/c1-18-5-8-22(9-6-18)35(32,33)30-29-21-13-15-27(3)20(17-21)7-10-23-24-11-12-26(34-19(2)31)28(24,4)16-14-25(23)27/h5-6,8-9,17,23-26,30H,7,10-16H2,1-4H3/b29-21-/t23-,24-,25-,26-,27-,28-/m0/s1. The molecule has 0 aromatic heterocycles. The van der Waals surface area contributed by atoms with E-state index in [2.05, 4.69) is 29.9 Å². The fraction of sp³-hybridized carbons (Fsp3) is 0.643. The largest absolute Gasteiger partial charge is 0.462 e. The molecule has 6 nitrogen and oxygen atoms in total. The second-order valence-electron chi connectivity index (χ2n) is 11.7. The molecule has 1 aromatic rings. The number of nitrogens with zero attached hydrogens (tertiary/aromatic N) is 1. The summed E-state index contributed by atoms with van der Waals surface area (Å²) in [6.07, 6.45) is 10.6. The highest BCUT2D eigenvalue weighted by molar-refractivity contribution is 7.89. The molecule has 4 aliphatic rings. The van der Waals surface area contributed by atoms with E-state index in [-0.39, 0.29) is 27.8 Å². The summed E-state index contributed by atoms with van der Waals surface area (Å²) in [5.41, 5.74) is 3.50. The molecule has 0 unspecified atom stereocenters. The zero-order chi connectivity index (χ0) is 25.0. The van der Waals surface area contributed by atoms with Crippen molar-refractivity contribution in [1.82, 2.24) is 4.83 Å². The van der Waals surface area contributed by atoms with Gasteiger partial charge in [-0.1, -0.05) is 37.1 Å². The number of sulfonamides is 1. The zero-order valence-corrected chi connectivity index (χ0v) is 22.2. The average molecular weight is 499 g/mol. The van der Waals surface area contributed by atoms with Crippen LogP contribution in [0.1, 0.15) is 77.7 Å². The molecule has 0 bridgehead atoms. The second kappa shape index (κ2) is 8.75. The lowest BCUT2D eigenvalue weighted by atomic mass is 9.47. The molecule has 0 radical (unpaired) electrons. The van der Waals surface area contributed by atoms with E-state index in [9.17, 15) is 13.2 Å². The van der Waals surface area contributed by atoms with E-state index in [0.29, 0.717) is 17.8 Å². The maximum Gasteiger partial charge on any atom is 0.302 e. The fourth-order valence-corrected chi connectivity index (χ4v) is 8.73. The quantitative estimate of drug-likeness (QED) is 0.437. The van der Waals surface area contributed by atoms with Crippen molar-refractivity contribution in [2.24, 2.45) is 33.7 Å². The smallest absolute Gasteiger partial charge is 0.302 e. The van der Waals surface area contributed by atoms with Gasteiger partial charge in [-0.05, 0) is 99.7 Å². The number of hydrogen-bond acceptors (Lipinski definition) is 5. The van der Waals surface area contributed by atoms with Crippen LogP contribution in [0.4, 0.5) is 0 Å². The van der Waals surface area contributed by atoms with Crippen LogP contribution in [0.2, 0.25) is 0 Å². The van der Waals surface area contributed by atoms with Gasteiger partial charge in [-0.15, -0.1) is 0 Å². The number of hydrogen-bond donors (Lipinski definition) is 1. The molecule has 35 heavy (non-hydrogen) atoms. The molecule has 190 valence electrons. The Morgan fingerprint density at radius 2 is 1.77 bits per heavy atom. The van der Waals surface area contributed by atoms with Gasteiger partial charge in [0.2, 0.25) is 0 Å². The van der Waals surface area contributed by atoms with Crippen molar-refractivity contribution in [3.05, 3.63) is 41.5 Å². The Balaban J connectivity index is 1.33. The first-order valence-corrected chi connectivity index (χ1v) is 14.5. The summed E-state index contributed by atoms with van der Waals surface area (Å²) in [4.78, 5) is 14.4. The molecule has 3 fully saturated rings. The Kier molecular flexibility index (Phi) is 6.14. The van der Waals surface area contributed by atoms with Gasteiger partial charge in [0, 0.05) is 12.3 Å². The van der Waals surface area contributed by atoms with Crippen molar-refractivity contribution < 1.29 is 17.9 Å². The van der Waals surface area contributed by atoms with Crippen molar-refractivity contribution in [2.45, 2.75) is 90.1 Å². The van der Waals surface area contributed by atoms with Gasteiger partial charge in [0.1, 0.15) is 6.10 Å². The molecule has 0 heterocycles. The van der Waals surface area contributed by atoms with Gasteiger partial charge in [0.15, 0.2) is 0 Å². The Morgan fingerprint density at radius 1 is 1.03 bits per heavy atom. The summed E-state index contributed by atoms with van der Waals surface area (Å²) < 4.78 is 31.1. The predicted octanol–water partition coefficient (Wildman–Crippen LogP) is 5.52. The molecule has 5 rings (SSSR count). The molecule has 6 atom stereocenters. The molecular weight excluding hydrogens is 460 g/mol. The van der Waals surface area contributed by atoms with Crippen molar-refractivity contribution in [3.8, 4) is 0 Å². The molecule has 0 aliphatic heterocycles. The monoisotopic (exact) mass is 498 g/mol. The number of carbonyl (C=O) groups excluding carboxylic acids is 1. The van der Waals surface area contributed by atoms with Gasteiger partial charge in [0.05, 0.1) is 10.6 Å². The van der Waals surface area contributed by atoms with Crippen molar-refractivity contribution in [3.63, 3.8) is 0 Å². The van der Waals surface area contributed by atoms with E-state index in [4.69, 9.17) is 4.74 Å². The normalized spacial score (nSPS) is 37.6. The van der Waals surface area contributed by atoms with Gasteiger partial charge in [-0.3, -0.25) is 4.79 Å². The third-order valence-corrected chi connectivity index (χ3v) is 11.1. The summed E-state index contributed by atoms with van der Waals surface area (Å²) in [7, 11) is -3.67. The number of ether oxygens (including phenoxy) is 1. The summed E-state index contributed by atoms with van der Waals surface area (Å²) in [6, 6.07) is 6.81. The number of benzene rings is 1. The van der Waals surface area contributed by atoms with E-state index < -0.39 is 10.0 Å². The van der Waals surface area contributed by atoms with Crippen LogP contribution >= 0.6 is 0 Å². The lowest BCUT2D eigenvalue weighted by molar-refractivity contribution is -0.157. The number of esters is 1. The highest BCUT2D eigenvalue weighted by atomic mass is 32.2. The van der Waals surface area contributed by atoms with Crippen molar-refractivity contribution in [2.75, 3.05) is 0 Å². The van der Waals surface area contributed by atoms with Crippen LogP contribution in [0.5, 0.6) is 0 Å². The molecular formula is C28H38N2O4S. The van der Waals surface area contributed by atoms with E-state index >= 15 is 0 Å². The van der Waals surface area contributed by atoms with Gasteiger partial charge in [-0.25, -0.2) is 0 Å². The molecule has 0 spiro atoms. The third kappa shape index (κ3) is 4.24. The Labute approximate surface area is 209 Å². The number of fused-ring (bicyclic) bond motifs is 5. The number of hydrazone groups is 1. The fourth-order valence-electron chi connectivity index (χ4n) is 7.89. The van der Waals surface area contributed by atoms with Crippen LogP contribution in [-0.4, -0.2) is 26.2 Å². The van der Waals surface area contributed by atoms with Crippen molar-refractivity contribution in [1.29, 1.82) is 0 Å². The van der Waals surface area contributed by atoms with E-state index in [1.54, 1.807) is 24.3 Å². The minimum Gasteiger partial charge on any atom is -0.462 e. The maximum atomic E-state index is 12.7. The van der Waals surface area contributed by atoms with Gasteiger partial charge in [-0.2, -0.15) is 18.4 Å².